The van der Waals surface area contributed by atoms with E-state index in [0.717, 1.165) is 37.2 Å². The predicted molar refractivity (Wildman–Crippen MR) is 89.7 cm³/mol. The normalized spacial score (nSPS) is 22.1. The summed E-state index contributed by atoms with van der Waals surface area (Å²) in [5.74, 6) is -0.239. The van der Waals surface area contributed by atoms with Gasteiger partial charge in [-0.2, -0.15) is 4.31 Å². The number of carbonyl (C=O) groups excluding carboxylic acids is 1. The maximum Gasteiger partial charge on any atom is 0.252 e. The maximum atomic E-state index is 12.6. The van der Waals surface area contributed by atoms with Crippen LogP contribution < -0.4 is 5.73 Å². The van der Waals surface area contributed by atoms with E-state index in [-0.39, 0.29) is 17.9 Å². The van der Waals surface area contributed by atoms with Crippen LogP contribution in [0.4, 0.5) is 0 Å². The zero-order valence-electron chi connectivity index (χ0n) is 13.3. The molecule has 3 heterocycles. The Morgan fingerprint density at radius 2 is 1.96 bits per heavy atom. The molecule has 2 aliphatic rings. The van der Waals surface area contributed by atoms with Crippen molar-refractivity contribution in [2.24, 2.45) is 11.7 Å². The Bertz CT molecular complexity index is 672. The molecule has 0 aromatic carbocycles. The van der Waals surface area contributed by atoms with Gasteiger partial charge in [0.15, 0.2) is 0 Å². The first-order valence-electron chi connectivity index (χ1n) is 8.04. The number of sulfonamides is 1. The van der Waals surface area contributed by atoms with Crippen LogP contribution in [0.1, 0.15) is 24.6 Å². The van der Waals surface area contributed by atoms with Crippen molar-refractivity contribution in [3.05, 3.63) is 17.0 Å². The van der Waals surface area contributed by atoms with Gasteiger partial charge in [0, 0.05) is 29.9 Å². The smallest absolute Gasteiger partial charge is 0.252 e. The lowest BCUT2D eigenvalue weighted by atomic mass is 9.94. The SMILES string of the molecule is CCc1ccc(S(=O)(=O)N2CC(N3CCC(C(N)=O)CC3)C2)s1. The molecule has 3 rings (SSSR count). The minimum atomic E-state index is -3.34. The zero-order chi connectivity index (χ0) is 16.6. The van der Waals surface area contributed by atoms with Gasteiger partial charge in [-0.1, -0.05) is 6.92 Å². The molecule has 6 nitrogen and oxygen atoms in total. The average Bonchev–Trinajstić information content (AvgIpc) is 2.95. The minimum absolute atomic E-state index is 0.0234. The number of aryl methyl sites for hydroxylation is 1. The molecule has 2 N–H and O–H groups in total. The van der Waals surface area contributed by atoms with Crippen LogP contribution in [0.5, 0.6) is 0 Å². The number of piperidine rings is 1. The maximum absolute atomic E-state index is 12.6. The van der Waals surface area contributed by atoms with Crippen LogP contribution in [0.15, 0.2) is 16.3 Å². The molecule has 2 fully saturated rings. The first kappa shape index (κ1) is 16.9. The third-order valence-corrected chi connectivity index (χ3v) is 8.39. The summed E-state index contributed by atoms with van der Waals surface area (Å²) in [7, 11) is -3.34. The van der Waals surface area contributed by atoms with Gasteiger partial charge in [-0.3, -0.25) is 9.69 Å². The highest BCUT2D eigenvalue weighted by Crippen LogP contribution is 2.30. The number of carbonyl (C=O) groups is 1. The lowest BCUT2D eigenvalue weighted by Crippen LogP contribution is -2.62. The van der Waals surface area contributed by atoms with Gasteiger partial charge in [0.1, 0.15) is 4.21 Å². The highest BCUT2D eigenvalue weighted by Gasteiger charge is 2.41. The molecule has 0 saturated carbocycles. The van der Waals surface area contributed by atoms with E-state index in [2.05, 4.69) is 4.90 Å². The van der Waals surface area contributed by atoms with E-state index in [0.29, 0.717) is 17.3 Å². The quantitative estimate of drug-likeness (QED) is 0.848. The molecule has 8 heteroatoms. The zero-order valence-corrected chi connectivity index (χ0v) is 14.9. The van der Waals surface area contributed by atoms with Crippen LogP contribution in [0, 0.1) is 5.92 Å². The summed E-state index contributed by atoms with van der Waals surface area (Å²) in [5.41, 5.74) is 5.35. The van der Waals surface area contributed by atoms with Crippen molar-refractivity contribution in [2.75, 3.05) is 26.2 Å². The van der Waals surface area contributed by atoms with Gasteiger partial charge >= 0.3 is 0 Å². The van der Waals surface area contributed by atoms with Crippen LogP contribution in [-0.4, -0.2) is 55.8 Å². The minimum Gasteiger partial charge on any atom is -0.369 e. The molecule has 0 radical (unpaired) electrons. The highest BCUT2D eigenvalue weighted by molar-refractivity contribution is 7.91. The first-order valence-corrected chi connectivity index (χ1v) is 10.3. The van der Waals surface area contributed by atoms with Crippen molar-refractivity contribution >= 4 is 27.3 Å². The lowest BCUT2D eigenvalue weighted by Gasteiger charge is -2.46. The number of nitrogens with two attached hydrogens (primary N) is 1. The molecule has 0 atom stereocenters. The molecule has 0 spiro atoms. The summed E-state index contributed by atoms with van der Waals surface area (Å²) in [6.45, 7) is 4.76. The molecule has 1 amide bonds. The number of amides is 1. The predicted octanol–water partition coefficient (Wildman–Crippen LogP) is 0.881. The van der Waals surface area contributed by atoms with Gasteiger partial charge in [0.2, 0.25) is 5.91 Å². The van der Waals surface area contributed by atoms with E-state index in [1.165, 1.54) is 11.3 Å². The summed E-state index contributed by atoms with van der Waals surface area (Å²) >= 11 is 1.36. The first-order chi connectivity index (χ1) is 10.9. The summed E-state index contributed by atoms with van der Waals surface area (Å²) < 4.78 is 27.1. The molecule has 0 aliphatic carbocycles. The summed E-state index contributed by atoms with van der Waals surface area (Å²) in [6, 6.07) is 3.87. The number of rotatable bonds is 5. The Labute approximate surface area is 141 Å². The molecule has 0 bridgehead atoms. The molecule has 128 valence electrons. The van der Waals surface area contributed by atoms with Crippen LogP contribution in [-0.2, 0) is 21.2 Å². The van der Waals surface area contributed by atoms with Gasteiger partial charge < -0.3 is 5.73 Å². The Hall–Kier alpha value is -0.960. The van der Waals surface area contributed by atoms with E-state index in [4.69, 9.17) is 5.73 Å². The number of likely N-dealkylation sites (tertiary alicyclic amines) is 1. The second kappa shape index (κ2) is 6.51. The molecule has 1 aromatic heterocycles. The lowest BCUT2D eigenvalue weighted by molar-refractivity contribution is -0.123. The van der Waals surface area contributed by atoms with E-state index < -0.39 is 10.0 Å². The number of hydrogen-bond donors (Lipinski definition) is 1. The summed E-state index contributed by atoms with van der Waals surface area (Å²) in [4.78, 5) is 14.6. The van der Waals surface area contributed by atoms with E-state index in [1.54, 1.807) is 10.4 Å². The molecule has 0 unspecified atom stereocenters. The molecular weight excluding hydrogens is 334 g/mol. The fraction of sp³-hybridized carbons (Fsp3) is 0.667. The van der Waals surface area contributed by atoms with Gasteiger partial charge in [-0.25, -0.2) is 8.42 Å². The van der Waals surface area contributed by atoms with E-state index >= 15 is 0 Å². The second-order valence-corrected chi connectivity index (χ2v) is 9.60. The van der Waals surface area contributed by atoms with Crippen molar-refractivity contribution in [2.45, 2.75) is 36.4 Å². The third kappa shape index (κ3) is 3.31. The summed E-state index contributed by atoms with van der Waals surface area (Å²) in [6.07, 6.45) is 2.42. The fourth-order valence-corrected chi connectivity index (χ4v) is 6.17. The Morgan fingerprint density at radius 3 is 2.48 bits per heavy atom. The van der Waals surface area contributed by atoms with Crippen LogP contribution >= 0.6 is 11.3 Å². The fourth-order valence-electron chi connectivity index (χ4n) is 3.21. The van der Waals surface area contributed by atoms with Crippen molar-refractivity contribution in [1.29, 1.82) is 0 Å². The number of thiophene rings is 1. The molecule has 1 aromatic rings. The van der Waals surface area contributed by atoms with E-state index in [9.17, 15) is 13.2 Å². The average molecular weight is 358 g/mol. The molecule has 23 heavy (non-hydrogen) atoms. The number of hydrogen-bond acceptors (Lipinski definition) is 5. The third-order valence-electron chi connectivity index (χ3n) is 4.86. The van der Waals surface area contributed by atoms with E-state index in [1.807, 2.05) is 13.0 Å². The highest BCUT2D eigenvalue weighted by atomic mass is 32.2. The molecular formula is C15H23N3O3S2. The molecule has 2 saturated heterocycles. The Balaban J connectivity index is 1.55. The van der Waals surface area contributed by atoms with Gasteiger partial charge in [-0.15, -0.1) is 11.3 Å². The number of nitrogens with zero attached hydrogens (tertiary/aromatic N) is 2. The standard InChI is InChI=1S/C15H23N3O3S2/c1-2-13-3-4-14(22-13)23(20,21)18-9-12(10-18)17-7-5-11(6-8-17)15(16)19/h3-4,11-12H,2,5-10H2,1H3,(H2,16,19). The van der Waals surface area contributed by atoms with Gasteiger partial charge in [0.05, 0.1) is 0 Å². The van der Waals surface area contributed by atoms with Crippen molar-refractivity contribution < 1.29 is 13.2 Å². The second-order valence-electron chi connectivity index (χ2n) is 6.26. The van der Waals surface area contributed by atoms with Gasteiger partial charge in [0.25, 0.3) is 10.0 Å². The van der Waals surface area contributed by atoms with Crippen molar-refractivity contribution in [3.8, 4) is 0 Å². The van der Waals surface area contributed by atoms with Crippen LogP contribution in [0.2, 0.25) is 0 Å². The largest absolute Gasteiger partial charge is 0.369 e. The van der Waals surface area contributed by atoms with Crippen molar-refractivity contribution in [3.63, 3.8) is 0 Å². The van der Waals surface area contributed by atoms with Crippen LogP contribution in [0.25, 0.3) is 0 Å². The monoisotopic (exact) mass is 357 g/mol. The van der Waals surface area contributed by atoms with Crippen LogP contribution in [0.3, 0.4) is 0 Å². The topological polar surface area (TPSA) is 83.7 Å². The summed E-state index contributed by atoms with van der Waals surface area (Å²) in [5, 5.41) is 0. The Kier molecular flexibility index (Phi) is 4.78. The van der Waals surface area contributed by atoms with Crippen molar-refractivity contribution in [1.82, 2.24) is 9.21 Å². The molecule has 2 aliphatic heterocycles. The number of primary amides is 1. The Morgan fingerprint density at radius 1 is 1.30 bits per heavy atom. The van der Waals surface area contributed by atoms with Gasteiger partial charge in [-0.05, 0) is 44.5 Å².